The summed E-state index contributed by atoms with van der Waals surface area (Å²) in [5.74, 6) is 0. The summed E-state index contributed by atoms with van der Waals surface area (Å²) in [4.78, 5) is 8.39. The number of nitrogens with zero attached hydrogens (tertiary/aromatic N) is 2. The van der Waals surface area contributed by atoms with Gasteiger partial charge in [0.1, 0.15) is 5.01 Å². The van der Waals surface area contributed by atoms with Gasteiger partial charge in [-0.25, -0.2) is 4.98 Å². The maximum atomic E-state index is 5.03. The second kappa shape index (κ2) is 4.67. The zero-order valence-corrected chi connectivity index (χ0v) is 10.7. The van der Waals surface area contributed by atoms with E-state index in [1.54, 1.807) is 0 Å². The minimum absolute atomic E-state index is 0.375. The van der Waals surface area contributed by atoms with E-state index >= 15 is 0 Å². The van der Waals surface area contributed by atoms with Gasteiger partial charge in [-0.05, 0) is 25.2 Å². The fourth-order valence-electron chi connectivity index (χ4n) is 1.34. The molecule has 3 nitrogen and oxygen atoms in total. The molecule has 1 aromatic heterocycles. The van der Waals surface area contributed by atoms with E-state index in [9.17, 15) is 0 Å². The van der Waals surface area contributed by atoms with Gasteiger partial charge in [-0.15, -0.1) is 0 Å². The van der Waals surface area contributed by atoms with Crippen molar-refractivity contribution in [1.29, 1.82) is 0 Å². The maximum Gasteiger partial charge on any atom is 0.223 e. The van der Waals surface area contributed by atoms with Crippen molar-refractivity contribution >= 4 is 28.7 Å². The van der Waals surface area contributed by atoms with Crippen LogP contribution in [0.5, 0.6) is 0 Å². The third kappa shape index (κ3) is 2.43. The van der Waals surface area contributed by atoms with Crippen LogP contribution in [-0.4, -0.2) is 17.0 Å². The Labute approximate surface area is 103 Å². The topological polar surface area (TPSA) is 37.8 Å². The summed E-state index contributed by atoms with van der Waals surface area (Å²) >= 11 is 6.53. The summed E-state index contributed by atoms with van der Waals surface area (Å²) in [6.45, 7) is 2.06. The van der Waals surface area contributed by atoms with Gasteiger partial charge in [0.2, 0.25) is 4.77 Å². The molecule has 1 heterocycles. The molecule has 0 aliphatic heterocycles. The number of aromatic nitrogens is 2. The van der Waals surface area contributed by atoms with E-state index in [1.165, 1.54) is 16.9 Å². The van der Waals surface area contributed by atoms with E-state index in [4.69, 9.17) is 12.2 Å². The van der Waals surface area contributed by atoms with Crippen molar-refractivity contribution in [3.05, 3.63) is 34.6 Å². The van der Waals surface area contributed by atoms with Crippen LogP contribution in [0.3, 0.4) is 0 Å². The molecule has 0 atom stereocenters. The Morgan fingerprint density at radius 1 is 1.31 bits per heavy atom. The molecule has 0 amide bonds. The van der Waals surface area contributed by atoms with Crippen LogP contribution in [0.25, 0.3) is 10.6 Å². The Hall–Kier alpha value is -1.33. The smallest absolute Gasteiger partial charge is 0.223 e. The predicted octanol–water partition coefficient (Wildman–Crippen LogP) is 3.28. The molecule has 82 valence electrons. The Bertz CT molecular complexity index is 563. The largest absolute Gasteiger partial charge is 0.364 e. The number of anilines is 1. The zero-order valence-electron chi connectivity index (χ0n) is 9.02. The third-order valence-corrected chi connectivity index (χ3v) is 3.26. The van der Waals surface area contributed by atoms with Crippen LogP contribution in [-0.2, 0) is 0 Å². The fraction of sp³-hybridized carbons (Fsp3) is 0.182. The van der Waals surface area contributed by atoms with Crippen LogP contribution >= 0.6 is 23.6 Å². The third-order valence-electron chi connectivity index (χ3n) is 2.07. The molecule has 2 rings (SSSR count). The molecule has 0 spiro atoms. The van der Waals surface area contributed by atoms with Crippen LogP contribution < -0.4 is 5.32 Å². The van der Waals surface area contributed by atoms with Gasteiger partial charge in [0.15, 0.2) is 5.13 Å². The average Bonchev–Trinajstić information content (AvgIpc) is 2.28. The lowest BCUT2D eigenvalue weighted by molar-refractivity contribution is 1.18. The molecular formula is C11H11N3S2. The lowest BCUT2D eigenvalue weighted by Gasteiger charge is -2.03. The van der Waals surface area contributed by atoms with Gasteiger partial charge in [-0.2, -0.15) is 4.98 Å². The molecule has 0 aliphatic rings. The van der Waals surface area contributed by atoms with E-state index < -0.39 is 0 Å². The molecule has 2 aromatic rings. The molecule has 0 bridgehead atoms. The Kier molecular flexibility index (Phi) is 3.26. The van der Waals surface area contributed by atoms with Crippen LogP contribution in [0.2, 0.25) is 0 Å². The first kappa shape index (κ1) is 11.2. The highest BCUT2D eigenvalue weighted by molar-refractivity contribution is 7.71. The van der Waals surface area contributed by atoms with Gasteiger partial charge in [0, 0.05) is 12.6 Å². The molecule has 1 aromatic carbocycles. The summed E-state index contributed by atoms with van der Waals surface area (Å²) in [5, 5.41) is 4.68. The van der Waals surface area contributed by atoms with E-state index in [0.717, 1.165) is 15.7 Å². The molecular weight excluding hydrogens is 238 g/mol. The highest BCUT2D eigenvalue weighted by Gasteiger charge is 2.03. The summed E-state index contributed by atoms with van der Waals surface area (Å²) in [7, 11) is 1.83. The van der Waals surface area contributed by atoms with Gasteiger partial charge in [0.25, 0.3) is 0 Å². The number of benzene rings is 1. The van der Waals surface area contributed by atoms with Crippen molar-refractivity contribution in [3.63, 3.8) is 0 Å². The van der Waals surface area contributed by atoms with Gasteiger partial charge < -0.3 is 5.32 Å². The van der Waals surface area contributed by atoms with Crippen molar-refractivity contribution in [2.75, 3.05) is 12.4 Å². The quantitative estimate of drug-likeness (QED) is 0.829. The first-order chi connectivity index (χ1) is 7.69. The van der Waals surface area contributed by atoms with Crippen molar-refractivity contribution in [2.24, 2.45) is 0 Å². The van der Waals surface area contributed by atoms with Crippen molar-refractivity contribution < 1.29 is 0 Å². The molecule has 0 saturated heterocycles. The second-order valence-electron chi connectivity index (χ2n) is 3.34. The number of hydrogen-bond acceptors (Lipinski definition) is 5. The average molecular weight is 249 g/mol. The predicted molar refractivity (Wildman–Crippen MR) is 70.5 cm³/mol. The molecule has 0 aliphatic carbocycles. The lowest BCUT2D eigenvalue weighted by Crippen LogP contribution is -1.93. The van der Waals surface area contributed by atoms with Crippen molar-refractivity contribution in [3.8, 4) is 10.6 Å². The molecule has 0 fully saturated rings. The fourth-order valence-corrected chi connectivity index (χ4v) is 2.44. The molecule has 5 heteroatoms. The lowest BCUT2D eigenvalue weighted by atomic mass is 10.1. The Balaban J connectivity index is 2.55. The highest BCUT2D eigenvalue weighted by Crippen LogP contribution is 2.25. The minimum atomic E-state index is 0.375. The number of hydrogen-bond donors (Lipinski definition) is 1. The van der Waals surface area contributed by atoms with Crippen molar-refractivity contribution in [1.82, 2.24) is 9.97 Å². The number of aryl methyl sites for hydroxylation is 1. The zero-order chi connectivity index (χ0) is 11.5. The van der Waals surface area contributed by atoms with Gasteiger partial charge in [-0.1, -0.05) is 35.1 Å². The number of nitrogens with one attached hydrogen (secondary N) is 1. The van der Waals surface area contributed by atoms with E-state index in [1.807, 2.05) is 19.2 Å². The Morgan fingerprint density at radius 3 is 2.81 bits per heavy atom. The first-order valence-corrected chi connectivity index (χ1v) is 6.05. The van der Waals surface area contributed by atoms with Gasteiger partial charge in [0.05, 0.1) is 0 Å². The van der Waals surface area contributed by atoms with E-state index in [-0.39, 0.29) is 0 Å². The molecule has 16 heavy (non-hydrogen) atoms. The van der Waals surface area contributed by atoms with Crippen LogP contribution in [0.15, 0.2) is 24.3 Å². The monoisotopic (exact) mass is 249 g/mol. The Morgan fingerprint density at radius 2 is 2.12 bits per heavy atom. The molecule has 0 saturated carbocycles. The molecule has 1 N–H and O–H groups in total. The molecule has 0 unspecified atom stereocenters. The van der Waals surface area contributed by atoms with Crippen molar-refractivity contribution in [2.45, 2.75) is 6.92 Å². The van der Waals surface area contributed by atoms with Gasteiger partial charge in [-0.3, -0.25) is 0 Å². The summed E-state index contributed by atoms with van der Waals surface area (Å²) < 4.78 is 0.375. The summed E-state index contributed by atoms with van der Waals surface area (Å²) in [6, 6.07) is 8.19. The van der Waals surface area contributed by atoms with E-state index in [0.29, 0.717) is 4.77 Å². The second-order valence-corrected chi connectivity index (χ2v) is 4.68. The van der Waals surface area contributed by atoms with Crippen LogP contribution in [0.4, 0.5) is 5.13 Å². The SMILES string of the molecule is CNc1nc(=S)nc(-c2cccc(C)c2)s1. The summed E-state index contributed by atoms with van der Waals surface area (Å²) in [5.41, 5.74) is 2.29. The van der Waals surface area contributed by atoms with Crippen LogP contribution in [0, 0.1) is 11.7 Å². The number of rotatable bonds is 2. The normalized spacial score (nSPS) is 10.1. The standard InChI is InChI=1S/C11H11N3S2/c1-7-4-3-5-8(6-7)9-13-10(15)14-11(12-2)16-9/h3-6H,1-2H3,(H,12,14,15). The highest BCUT2D eigenvalue weighted by atomic mass is 32.1. The van der Waals surface area contributed by atoms with E-state index in [2.05, 4.69) is 34.3 Å². The van der Waals surface area contributed by atoms with Gasteiger partial charge >= 0.3 is 0 Å². The first-order valence-electron chi connectivity index (χ1n) is 4.83. The van der Waals surface area contributed by atoms with Crippen LogP contribution in [0.1, 0.15) is 5.56 Å². The summed E-state index contributed by atoms with van der Waals surface area (Å²) in [6.07, 6.45) is 0. The minimum Gasteiger partial charge on any atom is -0.364 e. The maximum absolute atomic E-state index is 5.03. The molecule has 0 radical (unpaired) electrons.